The van der Waals surface area contributed by atoms with Crippen LogP contribution < -0.4 is 0 Å². The van der Waals surface area contributed by atoms with E-state index in [1.54, 1.807) is 24.3 Å². The lowest BCUT2D eigenvalue weighted by atomic mass is 10.2. The van der Waals surface area contributed by atoms with Gasteiger partial charge in [-0.25, -0.2) is 8.42 Å². The Hall–Kier alpha value is -1.90. The molecule has 1 fully saturated rings. The second kappa shape index (κ2) is 7.61. The number of aromatic nitrogens is 1. The van der Waals surface area contributed by atoms with E-state index in [0.29, 0.717) is 31.9 Å². The van der Waals surface area contributed by atoms with Crippen molar-refractivity contribution in [3.05, 3.63) is 30.0 Å². The van der Waals surface area contributed by atoms with E-state index in [4.69, 9.17) is 0 Å². The Labute approximate surface area is 161 Å². The number of piperazine rings is 1. The van der Waals surface area contributed by atoms with Gasteiger partial charge in [-0.2, -0.15) is 4.31 Å². The van der Waals surface area contributed by atoms with Crippen molar-refractivity contribution < 1.29 is 13.2 Å². The van der Waals surface area contributed by atoms with Gasteiger partial charge in [-0.15, -0.1) is 0 Å². The first-order valence-corrected chi connectivity index (χ1v) is 10.8. The van der Waals surface area contributed by atoms with Crippen LogP contribution in [0.4, 0.5) is 0 Å². The summed E-state index contributed by atoms with van der Waals surface area (Å²) >= 11 is 0. The van der Waals surface area contributed by atoms with Crippen molar-refractivity contribution >= 4 is 26.8 Å². The SMILES string of the molecule is CCN(CC)S(=O)(=O)c1ccc2c(c1)cc(C(=O)N1CCN(C)CC1)n2C. The number of rotatable bonds is 5. The first kappa shape index (κ1) is 19.9. The number of carbonyl (C=O) groups excluding carboxylic acids is 1. The molecule has 0 N–H and O–H groups in total. The van der Waals surface area contributed by atoms with E-state index < -0.39 is 10.0 Å². The van der Waals surface area contributed by atoms with E-state index in [1.807, 2.05) is 30.4 Å². The molecule has 0 aliphatic carbocycles. The predicted molar refractivity (Wildman–Crippen MR) is 106 cm³/mol. The molecule has 1 aliphatic rings. The van der Waals surface area contributed by atoms with Gasteiger partial charge < -0.3 is 14.4 Å². The van der Waals surface area contributed by atoms with Gasteiger partial charge in [0, 0.05) is 57.2 Å². The second-order valence-corrected chi connectivity index (χ2v) is 8.93. The number of benzene rings is 1. The van der Waals surface area contributed by atoms with Crippen molar-refractivity contribution in [2.75, 3.05) is 46.3 Å². The molecule has 1 aromatic carbocycles. The number of hydrogen-bond donors (Lipinski definition) is 0. The van der Waals surface area contributed by atoms with Gasteiger partial charge >= 0.3 is 0 Å². The highest BCUT2D eigenvalue weighted by Gasteiger charge is 2.25. The van der Waals surface area contributed by atoms with Crippen molar-refractivity contribution in [1.29, 1.82) is 0 Å². The highest BCUT2D eigenvalue weighted by molar-refractivity contribution is 7.89. The number of nitrogens with zero attached hydrogens (tertiary/aromatic N) is 4. The third-order valence-electron chi connectivity index (χ3n) is 5.37. The van der Waals surface area contributed by atoms with E-state index in [9.17, 15) is 13.2 Å². The summed E-state index contributed by atoms with van der Waals surface area (Å²) in [6, 6.07) is 6.88. The van der Waals surface area contributed by atoms with E-state index in [0.717, 1.165) is 24.0 Å². The topological polar surface area (TPSA) is 65.9 Å². The molecule has 0 radical (unpaired) electrons. The van der Waals surface area contributed by atoms with Crippen LogP contribution in [0.5, 0.6) is 0 Å². The fraction of sp³-hybridized carbons (Fsp3) is 0.526. The van der Waals surface area contributed by atoms with Crippen LogP contribution in [0.2, 0.25) is 0 Å². The summed E-state index contributed by atoms with van der Waals surface area (Å²) < 4.78 is 28.9. The number of likely N-dealkylation sites (N-methyl/N-ethyl adjacent to an activating group) is 1. The molecular formula is C19H28N4O3S. The van der Waals surface area contributed by atoms with Gasteiger partial charge in [0.1, 0.15) is 5.69 Å². The third kappa shape index (κ3) is 3.61. The average molecular weight is 393 g/mol. The largest absolute Gasteiger partial charge is 0.340 e. The molecule has 27 heavy (non-hydrogen) atoms. The fourth-order valence-corrected chi connectivity index (χ4v) is 5.07. The Balaban J connectivity index is 1.96. The molecule has 3 rings (SSSR count). The first-order chi connectivity index (χ1) is 12.8. The van der Waals surface area contributed by atoms with Crippen LogP contribution in [0.25, 0.3) is 10.9 Å². The second-order valence-electron chi connectivity index (χ2n) is 6.99. The van der Waals surface area contributed by atoms with E-state index in [2.05, 4.69) is 11.9 Å². The van der Waals surface area contributed by atoms with Gasteiger partial charge in [0.05, 0.1) is 4.90 Å². The summed E-state index contributed by atoms with van der Waals surface area (Å²) in [6.07, 6.45) is 0. The lowest BCUT2D eigenvalue weighted by Gasteiger charge is -2.32. The van der Waals surface area contributed by atoms with Gasteiger partial charge in [-0.1, -0.05) is 13.8 Å². The predicted octanol–water partition coefficient (Wildman–Crippen LogP) is 1.60. The molecule has 0 unspecified atom stereocenters. The van der Waals surface area contributed by atoms with Crippen molar-refractivity contribution in [1.82, 2.24) is 18.7 Å². The van der Waals surface area contributed by atoms with Crippen LogP contribution in [-0.2, 0) is 17.1 Å². The van der Waals surface area contributed by atoms with Gasteiger partial charge in [-0.05, 0) is 31.3 Å². The van der Waals surface area contributed by atoms with Crippen molar-refractivity contribution in [3.63, 3.8) is 0 Å². The third-order valence-corrected chi connectivity index (χ3v) is 7.41. The van der Waals surface area contributed by atoms with Crippen LogP contribution in [0.1, 0.15) is 24.3 Å². The summed E-state index contributed by atoms with van der Waals surface area (Å²) in [5.74, 6) is -0.00468. The van der Waals surface area contributed by atoms with Gasteiger partial charge in [0.25, 0.3) is 5.91 Å². The van der Waals surface area contributed by atoms with Crippen molar-refractivity contribution in [3.8, 4) is 0 Å². The minimum absolute atomic E-state index is 0.00468. The highest BCUT2D eigenvalue weighted by atomic mass is 32.2. The Morgan fingerprint density at radius 1 is 1.04 bits per heavy atom. The zero-order valence-electron chi connectivity index (χ0n) is 16.5. The maximum absolute atomic E-state index is 12.9. The molecule has 0 saturated carbocycles. The molecule has 0 atom stereocenters. The van der Waals surface area contributed by atoms with Gasteiger partial charge in [0.2, 0.25) is 10.0 Å². The van der Waals surface area contributed by atoms with E-state index >= 15 is 0 Å². The zero-order chi connectivity index (χ0) is 19.8. The number of aryl methyl sites for hydroxylation is 1. The summed E-state index contributed by atoms with van der Waals surface area (Å²) in [6.45, 7) is 7.65. The standard InChI is InChI=1S/C19H28N4O3S/c1-5-23(6-2)27(25,26)16-7-8-17-15(13-16)14-18(21(17)4)19(24)22-11-9-20(3)10-12-22/h7-8,13-14H,5-6,9-12H2,1-4H3. The molecule has 1 amide bonds. The maximum Gasteiger partial charge on any atom is 0.270 e. The molecule has 2 heterocycles. The van der Waals surface area contributed by atoms with Crippen LogP contribution in [-0.4, -0.2) is 79.3 Å². The highest BCUT2D eigenvalue weighted by Crippen LogP contribution is 2.25. The Kier molecular flexibility index (Phi) is 5.60. The minimum Gasteiger partial charge on any atom is -0.340 e. The van der Waals surface area contributed by atoms with Crippen LogP contribution in [0.15, 0.2) is 29.2 Å². The molecule has 8 heteroatoms. The van der Waals surface area contributed by atoms with E-state index in [1.165, 1.54) is 4.31 Å². The van der Waals surface area contributed by atoms with Crippen LogP contribution in [0.3, 0.4) is 0 Å². The number of fused-ring (bicyclic) bond motifs is 1. The molecule has 0 bridgehead atoms. The summed E-state index contributed by atoms with van der Waals surface area (Å²) in [5, 5.41) is 0.767. The van der Waals surface area contributed by atoms with Gasteiger partial charge in [0.15, 0.2) is 0 Å². The van der Waals surface area contributed by atoms with Crippen molar-refractivity contribution in [2.24, 2.45) is 7.05 Å². The van der Waals surface area contributed by atoms with E-state index in [-0.39, 0.29) is 10.8 Å². The van der Waals surface area contributed by atoms with Crippen LogP contribution >= 0.6 is 0 Å². The quantitative estimate of drug-likeness (QED) is 0.775. The number of sulfonamides is 1. The fourth-order valence-electron chi connectivity index (χ4n) is 3.58. The van der Waals surface area contributed by atoms with Crippen molar-refractivity contribution in [2.45, 2.75) is 18.7 Å². The zero-order valence-corrected chi connectivity index (χ0v) is 17.3. The Morgan fingerprint density at radius 3 is 2.26 bits per heavy atom. The molecule has 2 aromatic rings. The smallest absolute Gasteiger partial charge is 0.270 e. The summed E-state index contributed by atoms with van der Waals surface area (Å²) in [7, 11) is 0.384. The molecule has 1 aliphatic heterocycles. The Bertz CT molecular complexity index is 939. The first-order valence-electron chi connectivity index (χ1n) is 9.37. The molecule has 1 aromatic heterocycles. The molecule has 148 valence electrons. The number of amides is 1. The summed E-state index contributed by atoms with van der Waals surface area (Å²) in [4.78, 5) is 17.3. The maximum atomic E-state index is 12.9. The Morgan fingerprint density at radius 2 is 1.67 bits per heavy atom. The van der Waals surface area contributed by atoms with Gasteiger partial charge in [-0.3, -0.25) is 4.79 Å². The molecule has 7 nitrogen and oxygen atoms in total. The minimum atomic E-state index is -3.52. The molecular weight excluding hydrogens is 364 g/mol. The lowest BCUT2D eigenvalue weighted by molar-refractivity contribution is 0.0655. The monoisotopic (exact) mass is 392 g/mol. The molecule has 1 saturated heterocycles. The lowest BCUT2D eigenvalue weighted by Crippen LogP contribution is -2.47. The number of carbonyl (C=O) groups is 1. The average Bonchev–Trinajstić information content (AvgIpc) is 2.99. The van der Waals surface area contributed by atoms with Crippen LogP contribution in [0, 0.1) is 0 Å². The summed E-state index contributed by atoms with van der Waals surface area (Å²) in [5.41, 5.74) is 1.44. The number of hydrogen-bond acceptors (Lipinski definition) is 4. The molecule has 0 spiro atoms. The normalized spacial score (nSPS) is 16.4.